The Morgan fingerprint density at radius 2 is 1.96 bits per heavy atom. The maximum absolute atomic E-state index is 6.66. The van der Waals surface area contributed by atoms with Gasteiger partial charge in [0.2, 0.25) is 0 Å². The molecule has 0 spiro atoms. The normalized spacial score (nSPS) is 26.4. The molecule has 0 aromatic heterocycles. The molecule has 2 aliphatic rings. The monoisotopic (exact) mass is 425 g/mol. The quantitative estimate of drug-likeness (QED) is 0.538. The Morgan fingerprint density at radius 3 is 2.78 bits per heavy atom. The lowest BCUT2D eigenvalue weighted by Gasteiger charge is -2.49. The van der Waals surface area contributed by atoms with Gasteiger partial charge in [-0.15, -0.1) is 0 Å². The molecule has 0 unspecified atom stereocenters. The van der Waals surface area contributed by atoms with Gasteiger partial charge < -0.3 is 10.1 Å². The van der Waals surface area contributed by atoms with Crippen LogP contribution < -0.4 is 5.32 Å². The number of hydrogen-bond acceptors (Lipinski definition) is 2. The van der Waals surface area contributed by atoms with Gasteiger partial charge in [-0.05, 0) is 68.9 Å². The number of allylic oxidation sites excluding steroid dienone is 1. The van der Waals surface area contributed by atoms with Crippen molar-refractivity contribution >= 4 is 21.6 Å². The van der Waals surface area contributed by atoms with E-state index in [0.29, 0.717) is 11.8 Å². The van der Waals surface area contributed by atoms with Crippen LogP contribution in [0.5, 0.6) is 0 Å². The molecule has 1 aliphatic heterocycles. The summed E-state index contributed by atoms with van der Waals surface area (Å²) < 4.78 is 7.75. The predicted molar refractivity (Wildman–Crippen MR) is 116 cm³/mol. The number of anilines is 1. The lowest BCUT2D eigenvalue weighted by atomic mass is 9.69. The molecule has 4 rings (SSSR count). The van der Waals surface area contributed by atoms with Crippen molar-refractivity contribution in [1.82, 2.24) is 0 Å². The van der Waals surface area contributed by atoms with Gasteiger partial charge in [0.1, 0.15) is 0 Å². The predicted octanol–water partition coefficient (Wildman–Crippen LogP) is 6.88. The SMILES string of the molecule is CC1=CC[C@@H]2C[C@H]1[C@H](c1cccc(CNc3cccc(Br)c3)c1)OC2(C)C. The Labute approximate surface area is 171 Å². The second-order valence-electron chi connectivity index (χ2n) is 8.47. The molecule has 2 bridgehead atoms. The van der Waals surface area contributed by atoms with Crippen molar-refractivity contribution in [2.75, 3.05) is 5.32 Å². The van der Waals surface area contributed by atoms with Gasteiger partial charge in [-0.2, -0.15) is 0 Å². The Hall–Kier alpha value is -1.58. The Bertz CT molecular complexity index is 857. The summed E-state index contributed by atoms with van der Waals surface area (Å²) in [4.78, 5) is 0. The van der Waals surface area contributed by atoms with Crippen LogP contribution in [0, 0.1) is 11.8 Å². The molecule has 0 radical (unpaired) electrons. The van der Waals surface area contributed by atoms with Crippen LogP contribution in [0.25, 0.3) is 0 Å². The summed E-state index contributed by atoms with van der Waals surface area (Å²) in [6.07, 6.45) is 4.98. The number of halogens is 1. The molecule has 1 saturated heterocycles. The van der Waals surface area contributed by atoms with Gasteiger partial charge in [0, 0.05) is 22.6 Å². The van der Waals surface area contributed by atoms with Crippen molar-refractivity contribution in [2.45, 2.75) is 51.9 Å². The van der Waals surface area contributed by atoms with Crippen LogP contribution in [0.4, 0.5) is 5.69 Å². The maximum Gasteiger partial charge on any atom is 0.0897 e. The second kappa shape index (κ2) is 7.44. The minimum Gasteiger partial charge on any atom is -0.381 e. The Kier molecular flexibility index (Phi) is 5.17. The largest absolute Gasteiger partial charge is 0.381 e. The number of nitrogens with one attached hydrogen (secondary N) is 1. The summed E-state index contributed by atoms with van der Waals surface area (Å²) in [7, 11) is 0. The van der Waals surface area contributed by atoms with Gasteiger partial charge in [0.25, 0.3) is 0 Å². The first-order valence-electron chi connectivity index (χ1n) is 9.85. The molecular formula is C24H28BrNO. The molecule has 2 aromatic carbocycles. The molecule has 27 heavy (non-hydrogen) atoms. The second-order valence-corrected chi connectivity index (χ2v) is 9.39. The van der Waals surface area contributed by atoms with Gasteiger partial charge in [0.05, 0.1) is 11.7 Å². The van der Waals surface area contributed by atoms with E-state index in [-0.39, 0.29) is 11.7 Å². The van der Waals surface area contributed by atoms with E-state index in [2.05, 4.69) is 90.6 Å². The van der Waals surface area contributed by atoms with Crippen molar-refractivity contribution in [3.63, 3.8) is 0 Å². The summed E-state index contributed by atoms with van der Waals surface area (Å²) >= 11 is 3.53. The zero-order valence-corrected chi connectivity index (χ0v) is 17.9. The van der Waals surface area contributed by atoms with Gasteiger partial charge in [-0.25, -0.2) is 0 Å². The van der Waals surface area contributed by atoms with Crippen LogP contribution in [-0.2, 0) is 11.3 Å². The Morgan fingerprint density at radius 1 is 1.15 bits per heavy atom. The van der Waals surface area contributed by atoms with E-state index in [0.717, 1.165) is 23.1 Å². The average molecular weight is 426 g/mol. The standard InChI is InChI=1S/C24H28BrNO/c1-16-10-11-19-13-22(16)23(27-24(19,2)3)18-7-4-6-17(12-18)15-26-21-9-5-8-20(25)14-21/h4-10,12,14,19,22-23,26H,11,13,15H2,1-3H3/t19-,22-,23+/m1/s1. The van der Waals surface area contributed by atoms with E-state index in [1.54, 1.807) is 0 Å². The molecule has 3 heteroatoms. The van der Waals surface area contributed by atoms with E-state index < -0.39 is 0 Å². The molecule has 1 aliphatic carbocycles. The minimum absolute atomic E-state index is 0.0665. The smallest absolute Gasteiger partial charge is 0.0897 e. The number of hydrogen-bond donors (Lipinski definition) is 1. The van der Waals surface area contributed by atoms with Gasteiger partial charge in [0.15, 0.2) is 0 Å². The molecule has 142 valence electrons. The molecule has 0 saturated carbocycles. The number of ether oxygens (including phenoxy) is 1. The van der Waals surface area contributed by atoms with Crippen molar-refractivity contribution in [3.8, 4) is 0 Å². The summed E-state index contributed by atoms with van der Waals surface area (Å²) in [5, 5.41) is 3.52. The van der Waals surface area contributed by atoms with E-state index in [4.69, 9.17) is 4.74 Å². The number of fused-ring (bicyclic) bond motifs is 2. The van der Waals surface area contributed by atoms with E-state index in [1.807, 2.05) is 6.07 Å². The van der Waals surface area contributed by atoms with Crippen molar-refractivity contribution in [3.05, 3.63) is 75.8 Å². The minimum atomic E-state index is -0.0665. The van der Waals surface area contributed by atoms with Crippen LogP contribution in [0.1, 0.15) is 50.8 Å². The topological polar surface area (TPSA) is 21.3 Å². The van der Waals surface area contributed by atoms with Crippen molar-refractivity contribution < 1.29 is 4.74 Å². The molecule has 2 nitrogen and oxygen atoms in total. The molecular weight excluding hydrogens is 398 g/mol. The van der Waals surface area contributed by atoms with E-state index in [9.17, 15) is 0 Å². The third-order valence-corrected chi connectivity index (χ3v) is 6.72. The first kappa shape index (κ1) is 18.8. The van der Waals surface area contributed by atoms with Crippen LogP contribution in [0.3, 0.4) is 0 Å². The van der Waals surface area contributed by atoms with Crippen LogP contribution in [-0.4, -0.2) is 5.60 Å². The maximum atomic E-state index is 6.66. The van der Waals surface area contributed by atoms with Gasteiger partial charge in [-0.1, -0.05) is 57.9 Å². The zero-order chi connectivity index (χ0) is 19.0. The first-order valence-corrected chi connectivity index (χ1v) is 10.6. The fourth-order valence-corrected chi connectivity index (χ4v) is 4.89. The molecule has 0 amide bonds. The first-order chi connectivity index (χ1) is 12.9. The van der Waals surface area contributed by atoms with E-state index in [1.165, 1.54) is 23.1 Å². The third-order valence-electron chi connectivity index (χ3n) is 6.23. The molecule has 1 fully saturated rings. The zero-order valence-electron chi connectivity index (χ0n) is 16.3. The molecule has 3 atom stereocenters. The highest BCUT2D eigenvalue weighted by atomic mass is 79.9. The van der Waals surface area contributed by atoms with E-state index >= 15 is 0 Å². The van der Waals surface area contributed by atoms with Crippen LogP contribution in [0.2, 0.25) is 0 Å². The molecule has 1 N–H and O–H groups in total. The van der Waals surface area contributed by atoms with Gasteiger partial charge in [-0.3, -0.25) is 0 Å². The van der Waals surface area contributed by atoms with Crippen molar-refractivity contribution in [2.24, 2.45) is 11.8 Å². The fourth-order valence-electron chi connectivity index (χ4n) is 4.49. The fraction of sp³-hybridized carbons (Fsp3) is 0.417. The number of benzene rings is 2. The highest BCUT2D eigenvalue weighted by molar-refractivity contribution is 9.10. The highest BCUT2D eigenvalue weighted by Crippen LogP contribution is 2.50. The highest BCUT2D eigenvalue weighted by Gasteiger charge is 2.45. The summed E-state index contributed by atoms with van der Waals surface area (Å²) in [6, 6.07) is 17.2. The van der Waals surface area contributed by atoms with Crippen molar-refractivity contribution in [1.29, 1.82) is 0 Å². The van der Waals surface area contributed by atoms with Gasteiger partial charge >= 0.3 is 0 Å². The van der Waals surface area contributed by atoms with Crippen LogP contribution in [0.15, 0.2) is 64.7 Å². The summed E-state index contributed by atoms with van der Waals surface area (Å²) in [6.45, 7) is 7.60. The summed E-state index contributed by atoms with van der Waals surface area (Å²) in [5.74, 6) is 1.13. The summed E-state index contributed by atoms with van der Waals surface area (Å²) in [5.41, 5.74) is 5.13. The lowest BCUT2D eigenvalue weighted by molar-refractivity contribution is -0.166. The average Bonchev–Trinajstić information content (AvgIpc) is 2.65. The molecule has 2 aromatic rings. The number of rotatable bonds is 4. The lowest BCUT2D eigenvalue weighted by Crippen LogP contribution is -2.45. The van der Waals surface area contributed by atoms with Crippen LogP contribution >= 0.6 is 15.9 Å². The Balaban J connectivity index is 1.54. The third kappa shape index (κ3) is 4.00. The molecule has 1 heterocycles.